The molecular weight excluding hydrogens is 369 g/mol. The zero-order valence-corrected chi connectivity index (χ0v) is 15.3. The van der Waals surface area contributed by atoms with E-state index in [0.29, 0.717) is 43.2 Å². The van der Waals surface area contributed by atoms with Crippen LogP contribution in [0.15, 0.2) is 52.9 Å². The van der Waals surface area contributed by atoms with Crippen molar-refractivity contribution in [3.05, 3.63) is 65.4 Å². The first-order valence-electron chi connectivity index (χ1n) is 9.04. The van der Waals surface area contributed by atoms with Gasteiger partial charge in [-0.05, 0) is 31.2 Å². The van der Waals surface area contributed by atoms with Gasteiger partial charge in [0.15, 0.2) is 5.76 Å². The number of carbonyl (C=O) groups is 1. The van der Waals surface area contributed by atoms with Gasteiger partial charge in [0.2, 0.25) is 0 Å². The second-order valence-electron chi connectivity index (χ2n) is 6.88. The topological polar surface area (TPSA) is 36.7 Å². The number of hydrogen-bond donors (Lipinski definition) is 0. The molecule has 0 spiro atoms. The van der Waals surface area contributed by atoms with E-state index in [1.165, 1.54) is 6.07 Å². The fourth-order valence-electron chi connectivity index (χ4n) is 3.57. The van der Waals surface area contributed by atoms with Gasteiger partial charge in [0.25, 0.3) is 5.91 Å². The Hall–Kier alpha value is -2.96. The van der Waals surface area contributed by atoms with Crippen LogP contribution in [-0.2, 0) is 6.18 Å². The highest BCUT2D eigenvalue weighted by molar-refractivity contribution is 5.99. The number of amides is 1. The SMILES string of the molecule is Cc1c(C(=O)N2CCN(c3cccc(C(F)(F)F)c3)CC2)oc2ccccc12. The predicted octanol–water partition coefficient (Wildman–Crippen LogP) is 4.72. The number of fused-ring (bicyclic) bond motifs is 1. The number of hydrogen-bond acceptors (Lipinski definition) is 3. The van der Waals surface area contributed by atoms with E-state index in [9.17, 15) is 18.0 Å². The second kappa shape index (κ2) is 6.89. The summed E-state index contributed by atoms with van der Waals surface area (Å²) in [5.74, 6) is 0.145. The van der Waals surface area contributed by atoms with Gasteiger partial charge in [0.1, 0.15) is 5.58 Å². The minimum absolute atomic E-state index is 0.183. The molecule has 0 atom stereocenters. The summed E-state index contributed by atoms with van der Waals surface area (Å²) in [6, 6.07) is 12.8. The molecule has 0 N–H and O–H groups in total. The Morgan fingerprint density at radius 1 is 1.00 bits per heavy atom. The standard InChI is InChI=1S/C21H19F3N2O2/c1-14-17-7-2-3-8-18(17)28-19(14)20(27)26-11-9-25(10-12-26)16-6-4-5-15(13-16)21(22,23)24/h2-8,13H,9-12H2,1H3. The molecule has 1 fully saturated rings. The third-order valence-electron chi connectivity index (χ3n) is 5.14. The van der Waals surface area contributed by atoms with Crippen LogP contribution in [0.1, 0.15) is 21.7 Å². The van der Waals surface area contributed by atoms with Gasteiger partial charge in [0, 0.05) is 42.8 Å². The highest BCUT2D eigenvalue weighted by Crippen LogP contribution is 2.32. The van der Waals surface area contributed by atoms with Crippen LogP contribution < -0.4 is 4.90 Å². The van der Waals surface area contributed by atoms with Crippen molar-refractivity contribution in [2.75, 3.05) is 31.1 Å². The number of aryl methyl sites for hydroxylation is 1. The molecule has 7 heteroatoms. The molecule has 0 bridgehead atoms. The van der Waals surface area contributed by atoms with Gasteiger partial charge in [-0.2, -0.15) is 13.2 Å². The zero-order chi connectivity index (χ0) is 19.9. The number of furan rings is 1. The molecule has 0 radical (unpaired) electrons. The van der Waals surface area contributed by atoms with Crippen LogP contribution in [0.25, 0.3) is 11.0 Å². The molecule has 1 aliphatic rings. The maximum Gasteiger partial charge on any atom is 0.416 e. The summed E-state index contributed by atoms with van der Waals surface area (Å²) in [6.07, 6.45) is -4.37. The Bertz CT molecular complexity index is 1020. The minimum Gasteiger partial charge on any atom is -0.451 e. The van der Waals surface area contributed by atoms with Crippen LogP contribution in [0.4, 0.5) is 18.9 Å². The smallest absolute Gasteiger partial charge is 0.416 e. The molecule has 1 aliphatic heterocycles. The number of nitrogens with zero attached hydrogens (tertiary/aromatic N) is 2. The summed E-state index contributed by atoms with van der Waals surface area (Å²) in [6.45, 7) is 3.63. The van der Waals surface area contributed by atoms with Crippen LogP contribution in [0, 0.1) is 6.92 Å². The number of piperazine rings is 1. The minimum atomic E-state index is -4.37. The maximum absolute atomic E-state index is 12.9. The lowest BCUT2D eigenvalue weighted by Crippen LogP contribution is -2.48. The van der Waals surface area contributed by atoms with Crippen molar-refractivity contribution in [3.63, 3.8) is 0 Å². The highest BCUT2D eigenvalue weighted by Gasteiger charge is 2.31. The van der Waals surface area contributed by atoms with Crippen molar-refractivity contribution in [3.8, 4) is 0 Å². The molecule has 1 amide bonds. The fraction of sp³-hybridized carbons (Fsp3) is 0.286. The van der Waals surface area contributed by atoms with Crippen LogP contribution in [-0.4, -0.2) is 37.0 Å². The number of alkyl halides is 3. The predicted molar refractivity (Wildman–Crippen MR) is 101 cm³/mol. The van der Waals surface area contributed by atoms with Gasteiger partial charge in [-0.1, -0.05) is 24.3 Å². The van der Waals surface area contributed by atoms with E-state index in [1.54, 1.807) is 11.0 Å². The summed E-state index contributed by atoms with van der Waals surface area (Å²) in [5.41, 5.74) is 1.33. The van der Waals surface area contributed by atoms with Crippen molar-refractivity contribution >= 4 is 22.6 Å². The molecule has 1 aromatic heterocycles. The van der Waals surface area contributed by atoms with Gasteiger partial charge in [0.05, 0.1) is 5.56 Å². The number of carbonyl (C=O) groups excluding carboxylic acids is 1. The van der Waals surface area contributed by atoms with E-state index in [1.807, 2.05) is 36.1 Å². The molecule has 0 saturated carbocycles. The van der Waals surface area contributed by atoms with E-state index in [2.05, 4.69) is 0 Å². The molecule has 3 aromatic rings. The Balaban J connectivity index is 1.48. The summed E-state index contributed by atoms with van der Waals surface area (Å²) >= 11 is 0. The van der Waals surface area contributed by atoms with Crippen LogP contribution in [0.2, 0.25) is 0 Å². The maximum atomic E-state index is 12.9. The van der Waals surface area contributed by atoms with Gasteiger partial charge >= 0.3 is 6.18 Å². The Labute approximate surface area is 160 Å². The number of para-hydroxylation sites is 1. The van der Waals surface area contributed by atoms with Crippen molar-refractivity contribution in [2.45, 2.75) is 13.1 Å². The van der Waals surface area contributed by atoms with E-state index < -0.39 is 11.7 Å². The zero-order valence-electron chi connectivity index (χ0n) is 15.3. The molecule has 0 aliphatic carbocycles. The molecule has 1 saturated heterocycles. The van der Waals surface area contributed by atoms with Crippen LogP contribution >= 0.6 is 0 Å². The summed E-state index contributed by atoms with van der Waals surface area (Å²) in [7, 11) is 0. The lowest BCUT2D eigenvalue weighted by Gasteiger charge is -2.36. The molecule has 2 heterocycles. The Kier molecular flexibility index (Phi) is 4.53. The monoisotopic (exact) mass is 388 g/mol. The molecular formula is C21H19F3N2O2. The number of anilines is 1. The van der Waals surface area contributed by atoms with Crippen LogP contribution in [0.3, 0.4) is 0 Å². The lowest BCUT2D eigenvalue weighted by molar-refractivity contribution is -0.137. The molecule has 4 rings (SSSR count). The number of rotatable bonds is 2. The quantitative estimate of drug-likeness (QED) is 0.637. The normalized spacial score (nSPS) is 15.3. The second-order valence-corrected chi connectivity index (χ2v) is 6.88. The first-order chi connectivity index (χ1) is 13.3. The third kappa shape index (κ3) is 3.32. The van der Waals surface area contributed by atoms with Gasteiger partial charge in [-0.15, -0.1) is 0 Å². The highest BCUT2D eigenvalue weighted by atomic mass is 19.4. The largest absolute Gasteiger partial charge is 0.451 e. The molecule has 28 heavy (non-hydrogen) atoms. The first kappa shape index (κ1) is 18.4. The van der Waals surface area contributed by atoms with Gasteiger partial charge < -0.3 is 14.2 Å². The van der Waals surface area contributed by atoms with Crippen molar-refractivity contribution in [2.24, 2.45) is 0 Å². The van der Waals surface area contributed by atoms with E-state index >= 15 is 0 Å². The van der Waals surface area contributed by atoms with Gasteiger partial charge in [-0.25, -0.2) is 0 Å². The molecule has 4 nitrogen and oxygen atoms in total. The average Bonchev–Trinajstić information content (AvgIpc) is 3.04. The molecule has 146 valence electrons. The average molecular weight is 388 g/mol. The molecule has 0 unspecified atom stereocenters. The van der Waals surface area contributed by atoms with E-state index in [0.717, 1.165) is 23.1 Å². The summed E-state index contributed by atoms with van der Waals surface area (Å²) < 4.78 is 44.6. The Morgan fingerprint density at radius 3 is 2.39 bits per heavy atom. The van der Waals surface area contributed by atoms with Crippen molar-refractivity contribution in [1.82, 2.24) is 4.90 Å². The number of benzene rings is 2. The fourth-order valence-corrected chi connectivity index (χ4v) is 3.57. The number of halogens is 3. The molecule has 2 aromatic carbocycles. The van der Waals surface area contributed by atoms with Crippen molar-refractivity contribution < 1.29 is 22.4 Å². The van der Waals surface area contributed by atoms with E-state index in [4.69, 9.17) is 4.42 Å². The lowest BCUT2D eigenvalue weighted by atomic mass is 10.1. The third-order valence-corrected chi connectivity index (χ3v) is 5.14. The van der Waals surface area contributed by atoms with E-state index in [-0.39, 0.29) is 5.91 Å². The van der Waals surface area contributed by atoms with Crippen molar-refractivity contribution in [1.29, 1.82) is 0 Å². The first-order valence-corrected chi connectivity index (χ1v) is 9.04. The summed E-state index contributed by atoms with van der Waals surface area (Å²) in [5, 5.41) is 0.911. The van der Waals surface area contributed by atoms with Crippen LogP contribution in [0.5, 0.6) is 0 Å². The van der Waals surface area contributed by atoms with Gasteiger partial charge in [-0.3, -0.25) is 4.79 Å². The summed E-state index contributed by atoms with van der Waals surface area (Å²) in [4.78, 5) is 16.4. The Morgan fingerprint density at radius 2 is 1.71 bits per heavy atom.